The Labute approximate surface area is 117 Å². The van der Waals surface area contributed by atoms with Crippen molar-refractivity contribution in [1.29, 1.82) is 0 Å². The minimum atomic E-state index is -0.390. The summed E-state index contributed by atoms with van der Waals surface area (Å²) in [6.45, 7) is 4.95. The van der Waals surface area contributed by atoms with Gasteiger partial charge < -0.3 is 9.73 Å². The first-order valence-corrected chi connectivity index (χ1v) is 6.82. The number of carbonyl (C=O) groups is 1. The second-order valence-electron chi connectivity index (χ2n) is 5.44. The molecule has 1 heterocycles. The van der Waals surface area contributed by atoms with Crippen LogP contribution >= 0.6 is 0 Å². The number of oxazole rings is 1. The monoisotopic (exact) mass is 276 g/mol. The summed E-state index contributed by atoms with van der Waals surface area (Å²) in [5, 5.41) is 2.90. The van der Waals surface area contributed by atoms with Crippen LogP contribution in [0.15, 0.2) is 27.4 Å². The van der Waals surface area contributed by atoms with Crippen molar-refractivity contribution in [3.05, 3.63) is 34.3 Å². The molecule has 0 aliphatic heterocycles. The Hall–Kier alpha value is -2.04. The smallest absolute Gasteiger partial charge is 0.408 e. The van der Waals surface area contributed by atoms with E-state index in [0.29, 0.717) is 30.0 Å². The fourth-order valence-corrected chi connectivity index (χ4v) is 2.03. The summed E-state index contributed by atoms with van der Waals surface area (Å²) in [5.74, 6) is 0.184. The fraction of sp³-hybridized carbons (Fsp3) is 0.467. The number of hydrogen-bond acceptors (Lipinski definition) is 3. The van der Waals surface area contributed by atoms with E-state index in [9.17, 15) is 9.59 Å². The molecule has 0 spiro atoms. The van der Waals surface area contributed by atoms with Gasteiger partial charge in [-0.2, -0.15) is 0 Å². The van der Waals surface area contributed by atoms with Gasteiger partial charge >= 0.3 is 5.76 Å². The van der Waals surface area contributed by atoms with Gasteiger partial charge in [0.05, 0.1) is 11.9 Å². The summed E-state index contributed by atoms with van der Waals surface area (Å²) in [6.07, 6.45) is 1.29. The molecule has 0 aliphatic rings. The minimum absolute atomic E-state index is 0.00139. The maximum atomic E-state index is 11.8. The SMILES string of the molecule is CC(C)CCNC(=O)Cc1ccc2oc(=O)n(C)c2c1. The maximum Gasteiger partial charge on any atom is 0.419 e. The van der Waals surface area contributed by atoms with Crippen molar-refractivity contribution in [3.8, 4) is 0 Å². The van der Waals surface area contributed by atoms with Gasteiger partial charge in [-0.15, -0.1) is 0 Å². The molecule has 0 aliphatic carbocycles. The van der Waals surface area contributed by atoms with Crippen LogP contribution in [0.1, 0.15) is 25.8 Å². The van der Waals surface area contributed by atoms with E-state index in [4.69, 9.17) is 4.42 Å². The molecule has 108 valence electrons. The Morgan fingerprint density at radius 1 is 1.40 bits per heavy atom. The highest BCUT2D eigenvalue weighted by Crippen LogP contribution is 2.14. The first-order chi connectivity index (χ1) is 9.47. The van der Waals surface area contributed by atoms with E-state index < -0.39 is 5.76 Å². The van der Waals surface area contributed by atoms with E-state index in [1.54, 1.807) is 13.1 Å². The minimum Gasteiger partial charge on any atom is -0.408 e. The highest BCUT2D eigenvalue weighted by atomic mass is 16.4. The first kappa shape index (κ1) is 14.4. The highest BCUT2D eigenvalue weighted by Gasteiger charge is 2.09. The quantitative estimate of drug-likeness (QED) is 0.906. The van der Waals surface area contributed by atoms with E-state index in [1.165, 1.54) is 4.57 Å². The zero-order valence-corrected chi connectivity index (χ0v) is 12.1. The van der Waals surface area contributed by atoms with Crippen LogP contribution in [0.2, 0.25) is 0 Å². The van der Waals surface area contributed by atoms with Gasteiger partial charge in [0.25, 0.3) is 0 Å². The number of hydrogen-bond donors (Lipinski definition) is 1. The number of carbonyl (C=O) groups excluding carboxylic acids is 1. The van der Waals surface area contributed by atoms with E-state index in [1.807, 2.05) is 12.1 Å². The van der Waals surface area contributed by atoms with Gasteiger partial charge in [0, 0.05) is 13.6 Å². The van der Waals surface area contributed by atoms with Crippen LogP contribution in [0.3, 0.4) is 0 Å². The Morgan fingerprint density at radius 2 is 2.15 bits per heavy atom. The van der Waals surface area contributed by atoms with E-state index >= 15 is 0 Å². The number of fused-ring (bicyclic) bond motifs is 1. The van der Waals surface area contributed by atoms with Gasteiger partial charge in [-0.3, -0.25) is 9.36 Å². The molecular formula is C15H20N2O3. The van der Waals surface area contributed by atoms with Gasteiger partial charge in [-0.1, -0.05) is 19.9 Å². The van der Waals surface area contributed by atoms with E-state index in [2.05, 4.69) is 19.2 Å². The average Bonchev–Trinajstić information content (AvgIpc) is 2.65. The Kier molecular flexibility index (Phi) is 4.27. The van der Waals surface area contributed by atoms with Crippen molar-refractivity contribution < 1.29 is 9.21 Å². The molecule has 0 radical (unpaired) electrons. The third-order valence-electron chi connectivity index (χ3n) is 3.26. The molecule has 0 saturated heterocycles. The van der Waals surface area contributed by atoms with E-state index in [0.717, 1.165) is 12.0 Å². The molecule has 5 nitrogen and oxygen atoms in total. The summed E-state index contributed by atoms with van der Waals surface area (Å²) in [5.41, 5.74) is 2.12. The second kappa shape index (κ2) is 5.94. The van der Waals surface area contributed by atoms with Crippen LogP contribution in [0, 0.1) is 5.92 Å². The molecule has 0 fully saturated rings. The topological polar surface area (TPSA) is 64.2 Å². The number of rotatable bonds is 5. The molecule has 1 N–H and O–H groups in total. The summed E-state index contributed by atoms with van der Waals surface area (Å²) in [6, 6.07) is 5.36. The molecule has 0 bridgehead atoms. The molecule has 0 saturated carbocycles. The molecule has 20 heavy (non-hydrogen) atoms. The average molecular weight is 276 g/mol. The highest BCUT2D eigenvalue weighted by molar-refractivity contribution is 5.81. The molecule has 1 aromatic carbocycles. The number of benzene rings is 1. The van der Waals surface area contributed by atoms with Crippen LogP contribution in [-0.4, -0.2) is 17.0 Å². The molecule has 0 unspecified atom stereocenters. The van der Waals surface area contributed by atoms with E-state index in [-0.39, 0.29) is 5.91 Å². The van der Waals surface area contributed by atoms with Crippen LogP contribution in [-0.2, 0) is 18.3 Å². The lowest BCUT2D eigenvalue weighted by atomic mass is 10.1. The fourth-order valence-electron chi connectivity index (χ4n) is 2.03. The van der Waals surface area contributed by atoms with Crippen molar-refractivity contribution in [3.63, 3.8) is 0 Å². The van der Waals surface area contributed by atoms with Crippen LogP contribution in [0.5, 0.6) is 0 Å². The molecule has 0 atom stereocenters. The molecule has 2 aromatic rings. The zero-order chi connectivity index (χ0) is 14.7. The van der Waals surface area contributed by atoms with Gasteiger partial charge in [0.1, 0.15) is 0 Å². The standard InChI is InChI=1S/C15H20N2O3/c1-10(2)6-7-16-14(18)9-11-4-5-13-12(8-11)17(3)15(19)20-13/h4-5,8,10H,6-7,9H2,1-3H3,(H,16,18). The summed E-state index contributed by atoms with van der Waals surface area (Å²) >= 11 is 0. The van der Waals surface area contributed by atoms with Crippen LogP contribution in [0.25, 0.3) is 11.1 Å². The predicted octanol–water partition coefficient (Wildman–Crippen LogP) is 1.84. The zero-order valence-electron chi connectivity index (χ0n) is 12.1. The van der Waals surface area contributed by atoms with Crippen molar-refractivity contribution in [1.82, 2.24) is 9.88 Å². The Balaban J connectivity index is 2.04. The molecule has 2 rings (SSSR count). The Bertz CT molecular complexity index is 667. The molecular weight excluding hydrogens is 256 g/mol. The van der Waals surface area contributed by atoms with Crippen molar-refractivity contribution >= 4 is 17.0 Å². The third-order valence-corrected chi connectivity index (χ3v) is 3.26. The lowest BCUT2D eigenvalue weighted by Crippen LogP contribution is -2.26. The number of nitrogens with one attached hydrogen (secondary N) is 1. The maximum absolute atomic E-state index is 11.8. The van der Waals surface area contributed by atoms with Crippen LogP contribution in [0.4, 0.5) is 0 Å². The van der Waals surface area contributed by atoms with Crippen LogP contribution < -0.4 is 11.1 Å². The molecule has 5 heteroatoms. The van der Waals surface area contributed by atoms with Gasteiger partial charge in [0.2, 0.25) is 5.91 Å². The number of aryl methyl sites for hydroxylation is 1. The van der Waals surface area contributed by atoms with Crippen molar-refractivity contribution in [2.45, 2.75) is 26.7 Å². The van der Waals surface area contributed by atoms with Crippen molar-refractivity contribution in [2.24, 2.45) is 13.0 Å². The first-order valence-electron chi connectivity index (χ1n) is 6.82. The molecule has 1 amide bonds. The van der Waals surface area contributed by atoms with Gasteiger partial charge in [-0.25, -0.2) is 4.79 Å². The number of nitrogens with zero attached hydrogens (tertiary/aromatic N) is 1. The predicted molar refractivity (Wildman–Crippen MR) is 77.6 cm³/mol. The normalized spacial score (nSPS) is 11.2. The largest absolute Gasteiger partial charge is 0.419 e. The van der Waals surface area contributed by atoms with Gasteiger partial charge in [0.15, 0.2) is 5.58 Å². The third kappa shape index (κ3) is 3.29. The molecule has 1 aromatic heterocycles. The lowest BCUT2D eigenvalue weighted by molar-refractivity contribution is -0.120. The second-order valence-corrected chi connectivity index (χ2v) is 5.44. The number of amides is 1. The summed E-state index contributed by atoms with van der Waals surface area (Å²) in [7, 11) is 1.65. The van der Waals surface area contributed by atoms with Gasteiger partial charge in [-0.05, 0) is 30.0 Å². The summed E-state index contributed by atoms with van der Waals surface area (Å²) in [4.78, 5) is 23.2. The Morgan fingerprint density at radius 3 is 2.85 bits per heavy atom. The number of aromatic nitrogens is 1. The summed E-state index contributed by atoms with van der Waals surface area (Å²) < 4.78 is 6.50. The van der Waals surface area contributed by atoms with Crippen molar-refractivity contribution in [2.75, 3.05) is 6.54 Å². The lowest BCUT2D eigenvalue weighted by Gasteiger charge is -2.07.